The molecular weight excluding hydrogens is 248 g/mol. The molecule has 4 heteroatoms. The molecule has 18 heavy (non-hydrogen) atoms. The van der Waals surface area contributed by atoms with Crippen LogP contribution < -0.4 is 11.1 Å². The van der Waals surface area contributed by atoms with Gasteiger partial charge >= 0.3 is 0 Å². The highest BCUT2D eigenvalue weighted by atomic mass is 35.5. The largest absolute Gasteiger partial charge is 0.399 e. The van der Waals surface area contributed by atoms with Gasteiger partial charge in [-0.3, -0.25) is 0 Å². The summed E-state index contributed by atoms with van der Waals surface area (Å²) in [4.78, 5) is 0. The number of hydrogen-bond acceptors (Lipinski definition) is 3. The number of nitrogens with two attached hydrogens (primary N) is 1. The van der Waals surface area contributed by atoms with Crippen LogP contribution in [-0.4, -0.2) is 19.3 Å². The van der Waals surface area contributed by atoms with Gasteiger partial charge in [-0.2, -0.15) is 0 Å². The molecule has 0 bridgehead atoms. The van der Waals surface area contributed by atoms with Crippen LogP contribution in [0.5, 0.6) is 0 Å². The Hall–Kier alpha value is -0.770. The van der Waals surface area contributed by atoms with Crippen LogP contribution in [0.1, 0.15) is 25.8 Å². The molecule has 1 aliphatic carbocycles. The molecule has 2 rings (SSSR count). The molecule has 0 radical (unpaired) electrons. The van der Waals surface area contributed by atoms with Crippen molar-refractivity contribution in [1.82, 2.24) is 5.32 Å². The van der Waals surface area contributed by atoms with E-state index in [0.717, 1.165) is 18.5 Å². The number of ether oxygens (including phenoxy) is 1. The van der Waals surface area contributed by atoms with Crippen LogP contribution in [0.25, 0.3) is 0 Å². The minimum Gasteiger partial charge on any atom is -0.399 e. The van der Waals surface area contributed by atoms with E-state index >= 15 is 0 Å². The molecule has 1 aromatic carbocycles. The second-order valence-electron chi connectivity index (χ2n) is 5.61. The van der Waals surface area contributed by atoms with E-state index in [1.54, 1.807) is 13.2 Å². The smallest absolute Gasteiger partial charge is 0.0652 e. The average molecular weight is 269 g/mol. The van der Waals surface area contributed by atoms with Crippen molar-refractivity contribution in [2.45, 2.75) is 39.0 Å². The lowest BCUT2D eigenvalue weighted by molar-refractivity contribution is -0.0979. The van der Waals surface area contributed by atoms with Crippen molar-refractivity contribution in [3.05, 3.63) is 28.8 Å². The molecule has 3 nitrogen and oxygen atoms in total. The van der Waals surface area contributed by atoms with E-state index in [1.165, 1.54) is 0 Å². The molecule has 100 valence electrons. The van der Waals surface area contributed by atoms with Gasteiger partial charge < -0.3 is 15.8 Å². The van der Waals surface area contributed by atoms with Crippen LogP contribution in [0.4, 0.5) is 5.69 Å². The molecule has 0 spiro atoms. The van der Waals surface area contributed by atoms with E-state index in [-0.39, 0.29) is 5.41 Å². The summed E-state index contributed by atoms with van der Waals surface area (Å²) in [6.45, 7) is 5.25. The van der Waals surface area contributed by atoms with Crippen molar-refractivity contribution in [1.29, 1.82) is 0 Å². The Bertz CT molecular complexity index is 414. The summed E-state index contributed by atoms with van der Waals surface area (Å²) in [5.41, 5.74) is 7.79. The fourth-order valence-corrected chi connectivity index (χ4v) is 2.92. The Kier molecular flexibility index (Phi) is 3.85. The lowest BCUT2D eigenvalue weighted by atomic mass is 9.64. The van der Waals surface area contributed by atoms with Gasteiger partial charge in [0.15, 0.2) is 0 Å². The molecule has 0 saturated heterocycles. The fourth-order valence-electron chi connectivity index (χ4n) is 2.65. The number of nitrogen functional groups attached to an aromatic ring is 1. The van der Waals surface area contributed by atoms with E-state index < -0.39 is 0 Å². The van der Waals surface area contributed by atoms with Crippen LogP contribution in [0.3, 0.4) is 0 Å². The minimum atomic E-state index is 0.179. The molecule has 1 aliphatic rings. The number of nitrogens with one attached hydrogen (secondary N) is 1. The van der Waals surface area contributed by atoms with Gasteiger partial charge in [-0.1, -0.05) is 25.4 Å². The van der Waals surface area contributed by atoms with Crippen LogP contribution in [-0.2, 0) is 11.3 Å². The number of methoxy groups -OCH3 is 1. The van der Waals surface area contributed by atoms with Gasteiger partial charge in [-0.15, -0.1) is 0 Å². The molecule has 2 unspecified atom stereocenters. The van der Waals surface area contributed by atoms with Crippen molar-refractivity contribution in [2.24, 2.45) is 5.41 Å². The van der Waals surface area contributed by atoms with E-state index in [9.17, 15) is 0 Å². The number of benzene rings is 1. The van der Waals surface area contributed by atoms with Crippen molar-refractivity contribution < 1.29 is 4.74 Å². The summed E-state index contributed by atoms with van der Waals surface area (Å²) >= 11 is 5.99. The molecule has 3 N–H and O–H groups in total. The topological polar surface area (TPSA) is 47.3 Å². The number of rotatable bonds is 4. The van der Waals surface area contributed by atoms with Gasteiger partial charge in [0.2, 0.25) is 0 Å². The van der Waals surface area contributed by atoms with Crippen LogP contribution in [0.15, 0.2) is 18.2 Å². The quantitative estimate of drug-likeness (QED) is 0.826. The third kappa shape index (κ3) is 2.63. The summed E-state index contributed by atoms with van der Waals surface area (Å²) in [7, 11) is 1.78. The first-order valence-corrected chi connectivity index (χ1v) is 6.62. The third-order valence-electron chi connectivity index (χ3n) is 3.99. The number of anilines is 1. The van der Waals surface area contributed by atoms with Gasteiger partial charge in [0.25, 0.3) is 0 Å². The number of hydrogen-bond donors (Lipinski definition) is 2. The van der Waals surface area contributed by atoms with Crippen molar-refractivity contribution in [3.63, 3.8) is 0 Å². The second kappa shape index (κ2) is 5.08. The number of halogens is 1. The van der Waals surface area contributed by atoms with Gasteiger partial charge in [0, 0.05) is 35.8 Å². The highest BCUT2D eigenvalue weighted by molar-refractivity contribution is 6.30. The van der Waals surface area contributed by atoms with Crippen LogP contribution >= 0.6 is 11.6 Å². The summed E-state index contributed by atoms with van der Waals surface area (Å²) in [5.74, 6) is 0. The standard InChI is InChI=1S/C14H21ClN2O/c1-14(2)12(7-13(14)18-3)17-8-9-4-10(15)6-11(16)5-9/h4-6,12-13,17H,7-8,16H2,1-3H3. The lowest BCUT2D eigenvalue weighted by Crippen LogP contribution is -2.60. The van der Waals surface area contributed by atoms with Gasteiger partial charge in [-0.05, 0) is 30.2 Å². The first-order valence-electron chi connectivity index (χ1n) is 6.24. The van der Waals surface area contributed by atoms with E-state index in [4.69, 9.17) is 22.1 Å². The van der Waals surface area contributed by atoms with Gasteiger partial charge in [0.1, 0.15) is 0 Å². The normalized spacial score (nSPS) is 25.8. The highest BCUT2D eigenvalue weighted by Crippen LogP contribution is 2.42. The third-order valence-corrected chi connectivity index (χ3v) is 4.21. The summed E-state index contributed by atoms with van der Waals surface area (Å²) in [5, 5.41) is 4.24. The predicted molar refractivity (Wildman–Crippen MR) is 75.7 cm³/mol. The molecule has 1 saturated carbocycles. The molecule has 0 amide bonds. The molecule has 1 fully saturated rings. The van der Waals surface area contributed by atoms with Crippen molar-refractivity contribution >= 4 is 17.3 Å². The van der Waals surface area contributed by atoms with Crippen molar-refractivity contribution in [2.75, 3.05) is 12.8 Å². The highest BCUT2D eigenvalue weighted by Gasteiger charge is 2.48. The Labute approximate surface area is 114 Å². The maximum atomic E-state index is 5.99. The zero-order valence-electron chi connectivity index (χ0n) is 11.2. The fraction of sp³-hybridized carbons (Fsp3) is 0.571. The first-order chi connectivity index (χ1) is 8.43. The SMILES string of the molecule is COC1CC(NCc2cc(N)cc(Cl)c2)C1(C)C. The molecule has 1 aromatic rings. The zero-order chi connectivity index (χ0) is 13.3. The molecule has 2 atom stereocenters. The van der Waals surface area contributed by atoms with Crippen LogP contribution in [0.2, 0.25) is 5.02 Å². The van der Waals surface area contributed by atoms with Crippen LogP contribution in [0, 0.1) is 5.41 Å². The Balaban J connectivity index is 1.93. The summed E-state index contributed by atoms with van der Waals surface area (Å²) in [6, 6.07) is 6.14. The van der Waals surface area contributed by atoms with Gasteiger partial charge in [-0.25, -0.2) is 0 Å². The molecule has 0 heterocycles. The Morgan fingerprint density at radius 1 is 1.44 bits per heavy atom. The summed E-state index contributed by atoms with van der Waals surface area (Å²) in [6.07, 6.45) is 1.40. The molecule has 0 aliphatic heterocycles. The maximum absolute atomic E-state index is 5.99. The monoisotopic (exact) mass is 268 g/mol. The Morgan fingerprint density at radius 2 is 2.17 bits per heavy atom. The lowest BCUT2D eigenvalue weighted by Gasteiger charge is -2.51. The predicted octanol–water partition coefficient (Wildman–Crippen LogP) is 2.83. The van der Waals surface area contributed by atoms with E-state index in [1.807, 2.05) is 12.1 Å². The molecular formula is C14H21ClN2O. The van der Waals surface area contributed by atoms with E-state index in [0.29, 0.717) is 22.9 Å². The second-order valence-corrected chi connectivity index (χ2v) is 6.04. The summed E-state index contributed by atoms with van der Waals surface area (Å²) < 4.78 is 5.44. The van der Waals surface area contributed by atoms with E-state index in [2.05, 4.69) is 19.2 Å². The minimum absolute atomic E-state index is 0.179. The zero-order valence-corrected chi connectivity index (χ0v) is 11.9. The van der Waals surface area contributed by atoms with Gasteiger partial charge in [0.05, 0.1) is 6.10 Å². The Morgan fingerprint density at radius 3 is 2.72 bits per heavy atom. The average Bonchev–Trinajstić information content (AvgIpc) is 2.26. The van der Waals surface area contributed by atoms with Crippen molar-refractivity contribution in [3.8, 4) is 0 Å². The molecule has 0 aromatic heterocycles. The maximum Gasteiger partial charge on any atom is 0.0652 e. The first kappa shape index (κ1) is 13.7.